The molecule has 0 aliphatic carbocycles. The molecule has 0 aliphatic rings. The summed E-state index contributed by atoms with van der Waals surface area (Å²) in [5.74, 6) is -0.392. The SMILES string of the molecule is O=C(O)Cc1cc2cc3ccccc3cc2o1. The highest BCUT2D eigenvalue weighted by Crippen LogP contribution is 2.25. The third kappa shape index (κ3) is 1.76. The van der Waals surface area contributed by atoms with Crippen LogP contribution in [0.2, 0.25) is 0 Å². The number of carboxylic acids is 1. The van der Waals surface area contributed by atoms with Gasteiger partial charge in [-0.05, 0) is 29.0 Å². The number of aliphatic carboxylic acids is 1. The Bertz CT molecular complexity index is 657. The number of benzene rings is 2. The molecule has 1 N–H and O–H groups in total. The van der Waals surface area contributed by atoms with E-state index in [1.54, 1.807) is 6.07 Å². The minimum absolute atomic E-state index is 0.0783. The quantitative estimate of drug-likeness (QED) is 0.729. The first-order chi connectivity index (χ1) is 8.22. The van der Waals surface area contributed by atoms with Crippen LogP contribution in [0.3, 0.4) is 0 Å². The van der Waals surface area contributed by atoms with Gasteiger partial charge in [0.25, 0.3) is 0 Å². The van der Waals surface area contributed by atoms with Crippen LogP contribution in [0.4, 0.5) is 0 Å². The second-order valence-electron chi connectivity index (χ2n) is 4.02. The molecule has 0 saturated heterocycles. The number of carbonyl (C=O) groups is 1. The molecule has 0 bridgehead atoms. The van der Waals surface area contributed by atoms with E-state index in [0.29, 0.717) is 5.76 Å². The fourth-order valence-electron chi connectivity index (χ4n) is 2.02. The van der Waals surface area contributed by atoms with Gasteiger partial charge in [0.15, 0.2) is 0 Å². The van der Waals surface area contributed by atoms with E-state index in [0.717, 1.165) is 21.7 Å². The molecule has 0 radical (unpaired) electrons. The van der Waals surface area contributed by atoms with Crippen molar-refractivity contribution in [1.29, 1.82) is 0 Å². The van der Waals surface area contributed by atoms with E-state index in [-0.39, 0.29) is 6.42 Å². The zero-order valence-electron chi connectivity index (χ0n) is 9.01. The standard InChI is InChI=1S/C14H10O3/c15-14(16)8-12-6-11-5-9-3-1-2-4-10(9)7-13(11)17-12/h1-7H,8H2,(H,15,16). The summed E-state index contributed by atoms with van der Waals surface area (Å²) >= 11 is 0. The maximum Gasteiger partial charge on any atom is 0.311 e. The van der Waals surface area contributed by atoms with E-state index in [4.69, 9.17) is 9.52 Å². The van der Waals surface area contributed by atoms with Gasteiger partial charge in [-0.3, -0.25) is 4.79 Å². The average molecular weight is 226 g/mol. The van der Waals surface area contributed by atoms with Gasteiger partial charge in [-0.1, -0.05) is 24.3 Å². The molecule has 3 rings (SSSR count). The Morgan fingerprint density at radius 3 is 2.47 bits per heavy atom. The molecule has 17 heavy (non-hydrogen) atoms. The number of hydrogen-bond acceptors (Lipinski definition) is 2. The lowest BCUT2D eigenvalue weighted by Gasteiger charge is -1.95. The topological polar surface area (TPSA) is 50.4 Å². The van der Waals surface area contributed by atoms with Gasteiger partial charge in [0.05, 0.1) is 0 Å². The van der Waals surface area contributed by atoms with Gasteiger partial charge < -0.3 is 9.52 Å². The molecule has 0 amide bonds. The van der Waals surface area contributed by atoms with Gasteiger partial charge in [0.2, 0.25) is 0 Å². The first kappa shape index (κ1) is 9.90. The van der Waals surface area contributed by atoms with Crippen molar-refractivity contribution < 1.29 is 14.3 Å². The fraction of sp³-hybridized carbons (Fsp3) is 0.0714. The summed E-state index contributed by atoms with van der Waals surface area (Å²) in [7, 11) is 0. The Hall–Kier alpha value is -2.29. The van der Waals surface area contributed by atoms with Crippen LogP contribution in [0.15, 0.2) is 46.9 Å². The highest BCUT2D eigenvalue weighted by atomic mass is 16.4. The Morgan fingerprint density at radius 2 is 1.76 bits per heavy atom. The fourth-order valence-corrected chi connectivity index (χ4v) is 2.02. The van der Waals surface area contributed by atoms with Gasteiger partial charge >= 0.3 is 5.97 Å². The zero-order valence-corrected chi connectivity index (χ0v) is 9.01. The van der Waals surface area contributed by atoms with Crippen molar-refractivity contribution >= 4 is 27.7 Å². The molecule has 0 spiro atoms. The highest BCUT2D eigenvalue weighted by molar-refractivity contribution is 5.96. The zero-order chi connectivity index (χ0) is 11.8. The van der Waals surface area contributed by atoms with Crippen LogP contribution in [0.25, 0.3) is 21.7 Å². The molecule has 0 aliphatic heterocycles. The molecule has 84 valence electrons. The molecule has 0 atom stereocenters. The van der Waals surface area contributed by atoms with Crippen LogP contribution < -0.4 is 0 Å². The van der Waals surface area contributed by atoms with Crippen LogP contribution in [0.5, 0.6) is 0 Å². The number of hydrogen-bond donors (Lipinski definition) is 1. The highest BCUT2D eigenvalue weighted by Gasteiger charge is 2.08. The maximum absolute atomic E-state index is 10.6. The van der Waals surface area contributed by atoms with Crippen LogP contribution in [0, 0.1) is 0 Å². The van der Waals surface area contributed by atoms with Crippen molar-refractivity contribution in [3.63, 3.8) is 0 Å². The van der Waals surface area contributed by atoms with Crippen molar-refractivity contribution in [2.24, 2.45) is 0 Å². The third-order valence-corrected chi connectivity index (χ3v) is 2.76. The molecule has 1 heterocycles. The molecular weight excluding hydrogens is 216 g/mol. The van der Waals surface area contributed by atoms with Crippen LogP contribution in [-0.2, 0) is 11.2 Å². The molecule has 0 unspecified atom stereocenters. The van der Waals surface area contributed by atoms with E-state index in [1.165, 1.54) is 0 Å². The van der Waals surface area contributed by atoms with Crippen molar-refractivity contribution in [2.75, 3.05) is 0 Å². The second kappa shape index (κ2) is 3.63. The summed E-state index contributed by atoms with van der Waals surface area (Å²) in [4.78, 5) is 10.6. The summed E-state index contributed by atoms with van der Waals surface area (Å²) in [6.45, 7) is 0. The Kier molecular flexibility index (Phi) is 2.11. The number of carboxylic acid groups (broad SMARTS) is 1. The summed E-state index contributed by atoms with van der Waals surface area (Å²) in [6.07, 6.45) is -0.0783. The predicted molar refractivity (Wildman–Crippen MR) is 65.1 cm³/mol. The van der Waals surface area contributed by atoms with E-state index < -0.39 is 5.97 Å². The van der Waals surface area contributed by atoms with E-state index >= 15 is 0 Å². The number of rotatable bonds is 2. The summed E-state index contributed by atoms with van der Waals surface area (Å²) < 4.78 is 5.51. The molecule has 3 aromatic rings. The largest absolute Gasteiger partial charge is 0.481 e. The van der Waals surface area contributed by atoms with Gasteiger partial charge in [0, 0.05) is 5.39 Å². The minimum Gasteiger partial charge on any atom is -0.481 e. The van der Waals surface area contributed by atoms with E-state index in [9.17, 15) is 4.79 Å². The maximum atomic E-state index is 10.6. The predicted octanol–water partition coefficient (Wildman–Crippen LogP) is 3.21. The normalized spacial score (nSPS) is 11.1. The van der Waals surface area contributed by atoms with Gasteiger partial charge in [-0.25, -0.2) is 0 Å². The Morgan fingerprint density at radius 1 is 1.06 bits per heavy atom. The van der Waals surface area contributed by atoms with Crippen molar-refractivity contribution in [3.8, 4) is 0 Å². The van der Waals surface area contributed by atoms with Crippen LogP contribution in [-0.4, -0.2) is 11.1 Å². The lowest BCUT2D eigenvalue weighted by Crippen LogP contribution is -1.97. The second-order valence-corrected chi connectivity index (χ2v) is 4.02. The molecule has 2 aromatic carbocycles. The summed E-state index contributed by atoms with van der Waals surface area (Å²) in [5, 5.41) is 11.9. The van der Waals surface area contributed by atoms with Crippen LogP contribution in [0.1, 0.15) is 5.76 Å². The molecular formula is C14H10O3. The van der Waals surface area contributed by atoms with E-state index in [1.807, 2.05) is 36.4 Å². The lowest BCUT2D eigenvalue weighted by molar-refractivity contribution is -0.136. The van der Waals surface area contributed by atoms with Crippen molar-refractivity contribution in [1.82, 2.24) is 0 Å². The summed E-state index contributed by atoms with van der Waals surface area (Å²) in [6, 6.07) is 13.7. The first-order valence-electron chi connectivity index (χ1n) is 5.35. The van der Waals surface area contributed by atoms with Gasteiger partial charge in [-0.15, -0.1) is 0 Å². The smallest absolute Gasteiger partial charge is 0.311 e. The molecule has 1 aromatic heterocycles. The molecule has 3 heteroatoms. The van der Waals surface area contributed by atoms with Gasteiger partial charge in [0.1, 0.15) is 17.8 Å². The molecule has 0 saturated carbocycles. The minimum atomic E-state index is -0.881. The number of fused-ring (bicyclic) bond motifs is 2. The van der Waals surface area contributed by atoms with E-state index in [2.05, 4.69) is 0 Å². The lowest BCUT2D eigenvalue weighted by atomic mass is 10.1. The number of furan rings is 1. The Labute approximate surface area is 97.3 Å². The summed E-state index contributed by atoms with van der Waals surface area (Å²) in [5.41, 5.74) is 0.736. The monoisotopic (exact) mass is 226 g/mol. The van der Waals surface area contributed by atoms with Crippen molar-refractivity contribution in [3.05, 3.63) is 48.2 Å². The average Bonchev–Trinajstić information content (AvgIpc) is 2.65. The third-order valence-electron chi connectivity index (χ3n) is 2.76. The van der Waals surface area contributed by atoms with Crippen LogP contribution >= 0.6 is 0 Å². The Balaban J connectivity index is 2.21. The van der Waals surface area contributed by atoms with Crippen molar-refractivity contribution in [2.45, 2.75) is 6.42 Å². The molecule has 0 fully saturated rings. The molecule has 3 nitrogen and oxygen atoms in total. The first-order valence-corrected chi connectivity index (χ1v) is 5.35. The van der Waals surface area contributed by atoms with Gasteiger partial charge in [-0.2, -0.15) is 0 Å².